The molecule has 0 unspecified atom stereocenters. The lowest BCUT2D eigenvalue weighted by atomic mass is 9.97. The van der Waals surface area contributed by atoms with E-state index < -0.39 is 0 Å². The number of nitrogens with zero attached hydrogens (tertiary/aromatic N) is 1. The van der Waals surface area contributed by atoms with Gasteiger partial charge in [0.05, 0.1) is 11.6 Å². The van der Waals surface area contributed by atoms with E-state index in [0.29, 0.717) is 0 Å². The predicted molar refractivity (Wildman–Crippen MR) is 73.8 cm³/mol. The highest BCUT2D eigenvalue weighted by Gasteiger charge is 2.04. The molecule has 0 radical (unpaired) electrons. The summed E-state index contributed by atoms with van der Waals surface area (Å²) < 4.78 is 1.09. The van der Waals surface area contributed by atoms with Crippen molar-refractivity contribution >= 4 is 15.9 Å². The minimum Gasteiger partial charge on any atom is -0.192 e. The first-order valence-corrected chi connectivity index (χ1v) is 6.18. The number of benzene rings is 2. The highest BCUT2D eigenvalue weighted by Crippen LogP contribution is 2.27. The van der Waals surface area contributed by atoms with Crippen molar-refractivity contribution in [2.45, 2.75) is 13.8 Å². The zero-order chi connectivity index (χ0) is 12.4. The first kappa shape index (κ1) is 11.9. The molecular formula is C15H12BrN. The van der Waals surface area contributed by atoms with Gasteiger partial charge in [0, 0.05) is 4.47 Å². The van der Waals surface area contributed by atoms with Gasteiger partial charge in [-0.25, -0.2) is 0 Å². The Morgan fingerprint density at radius 1 is 1.00 bits per heavy atom. The first-order chi connectivity index (χ1) is 8.11. The summed E-state index contributed by atoms with van der Waals surface area (Å²) in [4.78, 5) is 0. The Labute approximate surface area is 110 Å². The van der Waals surface area contributed by atoms with Crippen LogP contribution in [0.15, 0.2) is 40.9 Å². The number of hydrogen-bond donors (Lipinski definition) is 0. The highest BCUT2D eigenvalue weighted by atomic mass is 79.9. The molecule has 0 spiro atoms. The number of hydrogen-bond acceptors (Lipinski definition) is 1. The molecule has 2 aromatic carbocycles. The Balaban J connectivity index is 2.54. The van der Waals surface area contributed by atoms with Crippen LogP contribution in [0.4, 0.5) is 0 Å². The van der Waals surface area contributed by atoms with Crippen molar-refractivity contribution < 1.29 is 0 Å². The van der Waals surface area contributed by atoms with Crippen molar-refractivity contribution in [1.29, 1.82) is 5.26 Å². The zero-order valence-corrected chi connectivity index (χ0v) is 11.4. The van der Waals surface area contributed by atoms with Crippen molar-refractivity contribution in [3.8, 4) is 17.2 Å². The fourth-order valence-electron chi connectivity index (χ4n) is 1.91. The summed E-state index contributed by atoms with van der Waals surface area (Å²) >= 11 is 3.46. The largest absolute Gasteiger partial charge is 0.192 e. The van der Waals surface area contributed by atoms with Gasteiger partial charge in [0.15, 0.2) is 0 Å². The van der Waals surface area contributed by atoms with E-state index in [1.807, 2.05) is 25.1 Å². The number of rotatable bonds is 1. The third-order valence-electron chi connectivity index (χ3n) is 2.85. The molecule has 0 amide bonds. The van der Waals surface area contributed by atoms with Crippen molar-refractivity contribution in [2.24, 2.45) is 0 Å². The molecule has 0 aromatic heterocycles. The van der Waals surface area contributed by atoms with Crippen molar-refractivity contribution in [2.75, 3.05) is 0 Å². The normalized spacial score (nSPS) is 10.0. The van der Waals surface area contributed by atoms with Gasteiger partial charge in [0.1, 0.15) is 0 Å². The molecule has 2 rings (SSSR count). The standard InChI is InChI=1S/C15H12BrN/c1-10-7-12(3-4-13(10)9-17)15-6-5-14(16)8-11(15)2/h3-8H,1-2H3. The average molecular weight is 286 g/mol. The fourth-order valence-corrected chi connectivity index (χ4v) is 2.38. The van der Waals surface area contributed by atoms with E-state index in [9.17, 15) is 0 Å². The summed E-state index contributed by atoms with van der Waals surface area (Å²) in [6.45, 7) is 4.06. The van der Waals surface area contributed by atoms with E-state index in [2.05, 4.69) is 47.1 Å². The molecule has 0 atom stereocenters. The van der Waals surface area contributed by atoms with Crippen LogP contribution < -0.4 is 0 Å². The zero-order valence-electron chi connectivity index (χ0n) is 9.79. The lowest BCUT2D eigenvalue weighted by molar-refractivity contribution is 1.38. The maximum Gasteiger partial charge on any atom is 0.0994 e. The molecule has 17 heavy (non-hydrogen) atoms. The molecule has 0 saturated carbocycles. The molecule has 0 aliphatic heterocycles. The second kappa shape index (κ2) is 4.73. The quantitative estimate of drug-likeness (QED) is 0.751. The van der Waals surface area contributed by atoms with Crippen molar-refractivity contribution in [3.63, 3.8) is 0 Å². The molecule has 0 N–H and O–H groups in total. The highest BCUT2D eigenvalue weighted by molar-refractivity contribution is 9.10. The van der Waals surface area contributed by atoms with Crippen LogP contribution in [0, 0.1) is 25.2 Å². The van der Waals surface area contributed by atoms with Crippen LogP contribution >= 0.6 is 15.9 Å². The van der Waals surface area contributed by atoms with Gasteiger partial charge in [0.2, 0.25) is 0 Å². The van der Waals surface area contributed by atoms with Crippen LogP contribution in [-0.4, -0.2) is 0 Å². The number of nitriles is 1. The Hall–Kier alpha value is -1.59. The van der Waals surface area contributed by atoms with Gasteiger partial charge < -0.3 is 0 Å². The SMILES string of the molecule is Cc1cc(-c2ccc(Br)cc2C)ccc1C#N. The maximum absolute atomic E-state index is 8.91. The van der Waals surface area contributed by atoms with Gasteiger partial charge in [-0.1, -0.05) is 34.1 Å². The van der Waals surface area contributed by atoms with Gasteiger partial charge in [-0.05, 0) is 54.3 Å². The van der Waals surface area contributed by atoms with E-state index >= 15 is 0 Å². The summed E-state index contributed by atoms with van der Waals surface area (Å²) in [6.07, 6.45) is 0. The summed E-state index contributed by atoms with van der Waals surface area (Å²) in [7, 11) is 0. The Bertz CT molecular complexity index is 609. The molecule has 0 fully saturated rings. The van der Waals surface area contributed by atoms with Crippen LogP contribution in [0.25, 0.3) is 11.1 Å². The third kappa shape index (κ3) is 2.40. The molecule has 0 aliphatic rings. The van der Waals surface area contributed by atoms with Gasteiger partial charge in [-0.3, -0.25) is 0 Å². The Morgan fingerprint density at radius 3 is 2.35 bits per heavy atom. The Morgan fingerprint density at radius 2 is 1.76 bits per heavy atom. The summed E-state index contributed by atoms with van der Waals surface area (Å²) in [5, 5.41) is 8.91. The fraction of sp³-hybridized carbons (Fsp3) is 0.133. The molecule has 0 heterocycles. The summed E-state index contributed by atoms with van der Waals surface area (Å²) in [6, 6.07) is 14.4. The van der Waals surface area contributed by atoms with E-state index in [1.54, 1.807) is 0 Å². The summed E-state index contributed by atoms with van der Waals surface area (Å²) in [5.74, 6) is 0. The molecule has 84 valence electrons. The predicted octanol–water partition coefficient (Wildman–Crippen LogP) is 4.60. The minimum atomic E-state index is 0.739. The van der Waals surface area contributed by atoms with Gasteiger partial charge in [-0.2, -0.15) is 5.26 Å². The molecule has 2 aromatic rings. The van der Waals surface area contributed by atoms with Crippen LogP contribution in [0.2, 0.25) is 0 Å². The average Bonchev–Trinajstić information content (AvgIpc) is 2.29. The van der Waals surface area contributed by atoms with Gasteiger partial charge >= 0.3 is 0 Å². The number of halogens is 1. The topological polar surface area (TPSA) is 23.8 Å². The molecular weight excluding hydrogens is 274 g/mol. The smallest absolute Gasteiger partial charge is 0.0994 e. The van der Waals surface area contributed by atoms with E-state index in [0.717, 1.165) is 21.2 Å². The maximum atomic E-state index is 8.91. The molecule has 1 nitrogen and oxygen atoms in total. The minimum absolute atomic E-state index is 0.739. The molecule has 2 heteroatoms. The number of aryl methyl sites for hydroxylation is 2. The van der Waals surface area contributed by atoms with Crippen LogP contribution in [0.3, 0.4) is 0 Å². The summed E-state index contributed by atoms with van der Waals surface area (Å²) in [5.41, 5.74) is 5.35. The van der Waals surface area contributed by atoms with Gasteiger partial charge in [-0.15, -0.1) is 0 Å². The van der Waals surface area contributed by atoms with E-state index in [1.165, 1.54) is 11.1 Å². The first-order valence-electron chi connectivity index (χ1n) is 5.39. The molecule has 0 aliphatic carbocycles. The van der Waals surface area contributed by atoms with Crippen molar-refractivity contribution in [3.05, 3.63) is 57.6 Å². The van der Waals surface area contributed by atoms with Crippen LogP contribution in [0.1, 0.15) is 16.7 Å². The lowest BCUT2D eigenvalue weighted by Crippen LogP contribution is -1.87. The van der Waals surface area contributed by atoms with Crippen molar-refractivity contribution in [1.82, 2.24) is 0 Å². The second-order valence-electron chi connectivity index (χ2n) is 4.10. The second-order valence-corrected chi connectivity index (χ2v) is 5.02. The van der Waals surface area contributed by atoms with Crippen LogP contribution in [0.5, 0.6) is 0 Å². The molecule has 0 bridgehead atoms. The van der Waals surface area contributed by atoms with Crippen LogP contribution in [-0.2, 0) is 0 Å². The van der Waals surface area contributed by atoms with E-state index in [-0.39, 0.29) is 0 Å². The monoisotopic (exact) mass is 285 g/mol. The lowest BCUT2D eigenvalue weighted by Gasteiger charge is -2.08. The van der Waals surface area contributed by atoms with E-state index in [4.69, 9.17) is 5.26 Å². The Kier molecular flexibility index (Phi) is 3.31. The molecule has 0 saturated heterocycles. The third-order valence-corrected chi connectivity index (χ3v) is 3.34. The van der Waals surface area contributed by atoms with Gasteiger partial charge in [0.25, 0.3) is 0 Å².